The summed E-state index contributed by atoms with van der Waals surface area (Å²) in [5.41, 5.74) is 1.87. The number of hydrogen-bond donors (Lipinski definition) is 2. The van der Waals surface area contributed by atoms with E-state index in [1.165, 1.54) is 12.8 Å². The van der Waals surface area contributed by atoms with Gasteiger partial charge in [0.1, 0.15) is 11.9 Å². The molecule has 0 spiro atoms. The lowest BCUT2D eigenvalue weighted by Crippen LogP contribution is -2.39. The van der Waals surface area contributed by atoms with Crippen molar-refractivity contribution in [2.45, 2.75) is 57.2 Å². The van der Waals surface area contributed by atoms with Gasteiger partial charge in [0.15, 0.2) is 0 Å². The number of para-hydroxylation sites is 2. The standard InChI is InChI=1S/C23H28N2O2/c1-16(18-7-3-2-4-8-18)27-22-10-6-5-9-21(22)25-23(26)15-17-13-19-11-12-20(14-17)24-19/h2-10,16-17,19-20,24H,11-15H2,1H3,(H,25,26). The van der Waals surface area contributed by atoms with Crippen molar-refractivity contribution >= 4 is 11.6 Å². The van der Waals surface area contributed by atoms with Crippen LogP contribution in [0.5, 0.6) is 5.75 Å². The molecule has 0 radical (unpaired) electrons. The first-order valence-electron chi connectivity index (χ1n) is 10.0. The molecular weight excluding hydrogens is 336 g/mol. The van der Waals surface area contributed by atoms with E-state index in [9.17, 15) is 4.79 Å². The summed E-state index contributed by atoms with van der Waals surface area (Å²) in [6.45, 7) is 2.03. The van der Waals surface area contributed by atoms with Crippen LogP contribution in [-0.2, 0) is 4.79 Å². The van der Waals surface area contributed by atoms with Crippen LogP contribution in [0.4, 0.5) is 5.69 Å². The van der Waals surface area contributed by atoms with Gasteiger partial charge in [-0.25, -0.2) is 0 Å². The van der Waals surface area contributed by atoms with Crippen LogP contribution in [0, 0.1) is 5.92 Å². The third-order valence-corrected chi connectivity index (χ3v) is 5.78. The van der Waals surface area contributed by atoms with Gasteiger partial charge in [-0.1, -0.05) is 42.5 Å². The van der Waals surface area contributed by atoms with Gasteiger partial charge < -0.3 is 15.4 Å². The number of rotatable bonds is 6. The van der Waals surface area contributed by atoms with Crippen molar-refractivity contribution in [2.24, 2.45) is 5.92 Å². The maximum atomic E-state index is 12.6. The molecule has 3 unspecified atom stereocenters. The Morgan fingerprint density at radius 3 is 2.48 bits per heavy atom. The number of carbonyl (C=O) groups excluding carboxylic acids is 1. The fourth-order valence-electron chi connectivity index (χ4n) is 4.46. The smallest absolute Gasteiger partial charge is 0.224 e. The zero-order chi connectivity index (χ0) is 18.6. The number of ether oxygens (including phenoxy) is 1. The van der Waals surface area contributed by atoms with Crippen LogP contribution in [0.1, 0.15) is 50.7 Å². The topological polar surface area (TPSA) is 50.4 Å². The lowest BCUT2D eigenvalue weighted by molar-refractivity contribution is -0.117. The summed E-state index contributed by atoms with van der Waals surface area (Å²) in [7, 11) is 0. The molecular formula is C23H28N2O2. The Kier molecular flexibility index (Phi) is 5.44. The van der Waals surface area contributed by atoms with Gasteiger partial charge in [0.05, 0.1) is 5.69 Å². The minimum absolute atomic E-state index is 0.0794. The number of carbonyl (C=O) groups is 1. The van der Waals surface area contributed by atoms with E-state index in [1.54, 1.807) is 0 Å². The third-order valence-electron chi connectivity index (χ3n) is 5.78. The molecule has 27 heavy (non-hydrogen) atoms. The molecule has 3 atom stereocenters. The molecule has 4 nitrogen and oxygen atoms in total. The first kappa shape index (κ1) is 18.1. The average molecular weight is 364 g/mol. The number of nitrogens with one attached hydrogen (secondary N) is 2. The fraction of sp³-hybridized carbons (Fsp3) is 0.435. The number of anilines is 1. The van der Waals surface area contributed by atoms with Crippen molar-refractivity contribution in [3.05, 3.63) is 60.2 Å². The molecule has 2 N–H and O–H groups in total. The van der Waals surface area contributed by atoms with E-state index in [0.717, 1.165) is 24.1 Å². The highest BCUT2D eigenvalue weighted by atomic mass is 16.5. The van der Waals surface area contributed by atoms with Crippen LogP contribution in [-0.4, -0.2) is 18.0 Å². The highest BCUT2D eigenvalue weighted by Crippen LogP contribution is 2.34. The Morgan fingerprint density at radius 1 is 1.07 bits per heavy atom. The van der Waals surface area contributed by atoms with Crippen molar-refractivity contribution in [2.75, 3.05) is 5.32 Å². The van der Waals surface area contributed by atoms with E-state index in [2.05, 4.69) is 22.8 Å². The second-order valence-corrected chi connectivity index (χ2v) is 7.89. The molecule has 2 saturated heterocycles. The molecule has 2 aliphatic rings. The Labute approximate surface area is 161 Å². The predicted octanol–water partition coefficient (Wildman–Crippen LogP) is 4.69. The largest absolute Gasteiger partial charge is 0.484 e. The molecule has 142 valence electrons. The van der Waals surface area contributed by atoms with Crippen molar-refractivity contribution in [3.63, 3.8) is 0 Å². The van der Waals surface area contributed by atoms with E-state index in [0.29, 0.717) is 30.2 Å². The van der Waals surface area contributed by atoms with Gasteiger partial charge in [0.2, 0.25) is 5.91 Å². The minimum atomic E-state index is -0.0794. The molecule has 2 aromatic carbocycles. The summed E-state index contributed by atoms with van der Waals surface area (Å²) in [4.78, 5) is 12.6. The van der Waals surface area contributed by atoms with Crippen molar-refractivity contribution in [1.82, 2.24) is 5.32 Å². The van der Waals surface area contributed by atoms with E-state index in [4.69, 9.17) is 4.74 Å². The minimum Gasteiger partial charge on any atom is -0.484 e. The summed E-state index contributed by atoms with van der Waals surface area (Å²) < 4.78 is 6.14. The fourth-order valence-corrected chi connectivity index (χ4v) is 4.46. The molecule has 2 aliphatic heterocycles. The highest BCUT2D eigenvalue weighted by Gasteiger charge is 2.34. The van der Waals surface area contributed by atoms with Crippen LogP contribution >= 0.6 is 0 Å². The molecule has 0 aromatic heterocycles. The van der Waals surface area contributed by atoms with Gasteiger partial charge in [-0.05, 0) is 56.2 Å². The van der Waals surface area contributed by atoms with E-state index in [-0.39, 0.29) is 12.0 Å². The number of amides is 1. The monoisotopic (exact) mass is 364 g/mol. The zero-order valence-electron chi connectivity index (χ0n) is 15.9. The zero-order valence-corrected chi connectivity index (χ0v) is 15.9. The van der Waals surface area contributed by atoms with Gasteiger partial charge in [0.25, 0.3) is 0 Å². The summed E-state index contributed by atoms with van der Waals surface area (Å²) >= 11 is 0. The second-order valence-electron chi connectivity index (χ2n) is 7.89. The first-order chi connectivity index (χ1) is 13.2. The quantitative estimate of drug-likeness (QED) is 0.782. The molecule has 2 bridgehead atoms. The Hall–Kier alpha value is -2.33. The number of fused-ring (bicyclic) bond motifs is 2. The maximum Gasteiger partial charge on any atom is 0.224 e. The SMILES string of the molecule is CC(Oc1ccccc1NC(=O)CC1CC2CCC(C1)N2)c1ccccc1. The Bertz CT molecular complexity index is 765. The Morgan fingerprint density at radius 2 is 1.74 bits per heavy atom. The lowest BCUT2D eigenvalue weighted by Gasteiger charge is -2.28. The van der Waals surface area contributed by atoms with Crippen molar-refractivity contribution in [1.29, 1.82) is 0 Å². The second kappa shape index (κ2) is 8.13. The van der Waals surface area contributed by atoms with Crippen LogP contribution in [0.3, 0.4) is 0 Å². The van der Waals surface area contributed by atoms with Gasteiger partial charge in [-0.15, -0.1) is 0 Å². The molecule has 4 heteroatoms. The van der Waals surface area contributed by atoms with Gasteiger partial charge in [-0.2, -0.15) is 0 Å². The number of benzene rings is 2. The van der Waals surface area contributed by atoms with Crippen molar-refractivity contribution < 1.29 is 9.53 Å². The summed E-state index contributed by atoms with van der Waals surface area (Å²) in [6.07, 6.45) is 5.27. The lowest BCUT2D eigenvalue weighted by atomic mass is 9.89. The maximum absolute atomic E-state index is 12.6. The highest BCUT2D eigenvalue weighted by molar-refractivity contribution is 5.92. The number of hydrogen-bond acceptors (Lipinski definition) is 3. The van der Waals surface area contributed by atoms with Gasteiger partial charge >= 0.3 is 0 Å². The average Bonchev–Trinajstić information content (AvgIpc) is 3.02. The van der Waals surface area contributed by atoms with E-state index < -0.39 is 0 Å². The normalized spacial score (nSPS) is 25.0. The summed E-state index contributed by atoms with van der Waals surface area (Å²) in [5.74, 6) is 1.29. The number of piperidine rings is 1. The van der Waals surface area contributed by atoms with Crippen LogP contribution in [0.15, 0.2) is 54.6 Å². The third kappa shape index (κ3) is 4.51. The molecule has 2 aromatic rings. The molecule has 2 heterocycles. The van der Waals surface area contributed by atoms with Crippen molar-refractivity contribution in [3.8, 4) is 5.75 Å². The summed E-state index contributed by atoms with van der Waals surface area (Å²) in [5, 5.41) is 6.72. The molecule has 2 fully saturated rings. The summed E-state index contributed by atoms with van der Waals surface area (Å²) in [6, 6.07) is 19.0. The first-order valence-corrected chi connectivity index (χ1v) is 10.0. The molecule has 0 aliphatic carbocycles. The Balaban J connectivity index is 1.38. The van der Waals surface area contributed by atoms with Gasteiger partial charge in [-0.3, -0.25) is 4.79 Å². The van der Waals surface area contributed by atoms with Crippen LogP contribution in [0.2, 0.25) is 0 Å². The van der Waals surface area contributed by atoms with E-state index >= 15 is 0 Å². The predicted molar refractivity (Wildman–Crippen MR) is 108 cm³/mol. The van der Waals surface area contributed by atoms with Gasteiger partial charge in [0, 0.05) is 18.5 Å². The van der Waals surface area contributed by atoms with E-state index in [1.807, 2.05) is 49.4 Å². The molecule has 1 amide bonds. The molecule has 4 rings (SSSR count). The van der Waals surface area contributed by atoms with Crippen LogP contribution < -0.4 is 15.4 Å². The van der Waals surface area contributed by atoms with Crippen LogP contribution in [0.25, 0.3) is 0 Å². The molecule has 0 saturated carbocycles.